The van der Waals surface area contributed by atoms with Crippen LogP contribution in [0.3, 0.4) is 0 Å². The summed E-state index contributed by atoms with van der Waals surface area (Å²) in [5.41, 5.74) is 1.90. The second-order valence-corrected chi connectivity index (χ2v) is 10.1. The lowest BCUT2D eigenvalue weighted by atomic mass is 10.1. The number of thiophene rings is 1. The van der Waals surface area contributed by atoms with Gasteiger partial charge in [0.15, 0.2) is 9.84 Å². The van der Waals surface area contributed by atoms with Crippen molar-refractivity contribution >= 4 is 33.0 Å². The SMILES string of the molecule is Cc1ccc(S(=O)(=O)[C@@H](CNC(=O)C(=O)N2CCCC2)c2cccs2)cc1C. The summed E-state index contributed by atoms with van der Waals surface area (Å²) in [6.07, 6.45) is 1.77. The number of sulfone groups is 1. The summed E-state index contributed by atoms with van der Waals surface area (Å²) in [4.78, 5) is 26.8. The Kier molecular flexibility index (Phi) is 6.20. The molecule has 0 saturated carbocycles. The lowest BCUT2D eigenvalue weighted by molar-refractivity contribution is -0.145. The third-order valence-electron chi connectivity index (χ3n) is 5.08. The van der Waals surface area contributed by atoms with Gasteiger partial charge in [-0.15, -0.1) is 11.3 Å². The maximum absolute atomic E-state index is 13.3. The van der Waals surface area contributed by atoms with Gasteiger partial charge in [-0.1, -0.05) is 12.1 Å². The number of amides is 2. The van der Waals surface area contributed by atoms with Crippen LogP contribution < -0.4 is 5.32 Å². The number of nitrogens with zero attached hydrogens (tertiary/aromatic N) is 1. The van der Waals surface area contributed by atoms with Crippen LogP contribution in [0.2, 0.25) is 0 Å². The molecule has 0 bridgehead atoms. The fraction of sp³-hybridized carbons (Fsp3) is 0.400. The topological polar surface area (TPSA) is 83.5 Å². The molecule has 1 N–H and O–H groups in total. The summed E-state index contributed by atoms with van der Waals surface area (Å²) in [5, 5.41) is 3.41. The standard InChI is InChI=1S/C20H24N2O4S2/c1-14-7-8-16(12-15(14)2)28(25,26)18(17-6-5-11-27-17)13-21-19(23)20(24)22-9-3-4-10-22/h5-8,11-12,18H,3-4,9-10,13H2,1-2H3,(H,21,23)/t18-/m0/s1. The molecule has 6 nitrogen and oxygen atoms in total. The summed E-state index contributed by atoms with van der Waals surface area (Å²) in [7, 11) is -3.73. The average Bonchev–Trinajstić information content (AvgIpc) is 3.37. The lowest BCUT2D eigenvalue weighted by Gasteiger charge is -2.19. The summed E-state index contributed by atoms with van der Waals surface area (Å²) < 4.78 is 26.6. The third-order valence-corrected chi connectivity index (χ3v) is 8.29. The highest BCUT2D eigenvalue weighted by atomic mass is 32.2. The van der Waals surface area contributed by atoms with Crippen LogP contribution in [0.5, 0.6) is 0 Å². The third kappa shape index (κ3) is 4.28. The zero-order valence-electron chi connectivity index (χ0n) is 16.0. The maximum Gasteiger partial charge on any atom is 0.311 e. The largest absolute Gasteiger partial charge is 0.346 e. The van der Waals surface area contributed by atoms with Crippen molar-refractivity contribution in [3.8, 4) is 0 Å². The molecule has 0 unspecified atom stereocenters. The minimum atomic E-state index is -3.73. The molecular formula is C20H24N2O4S2. The van der Waals surface area contributed by atoms with Gasteiger partial charge in [0.1, 0.15) is 5.25 Å². The number of nitrogens with one attached hydrogen (secondary N) is 1. The molecule has 1 aromatic heterocycles. The normalized spacial score (nSPS) is 15.4. The van der Waals surface area contributed by atoms with Gasteiger partial charge in [0.2, 0.25) is 0 Å². The number of rotatable bonds is 5. The molecule has 1 saturated heterocycles. The second-order valence-electron chi connectivity index (χ2n) is 7.00. The van der Waals surface area contributed by atoms with E-state index in [1.54, 1.807) is 35.7 Å². The summed E-state index contributed by atoms with van der Waals surface area (Å²) in [6.45, 7) is 4.79. The first-order valence-corrected chi connectivity index (χ1v) is 11.6. The van der Waals surface area contributed by atoms with Crippen molar-refractivity contribution in [2.45, 2.75) is 36.8 Å². The molecule has 0 aliphatic carbocycles. The molecule has 150 valence electrons. The van der Waals surface area contributed by atoms with Crippen molar-refractivity contribution in [2.75, 3.05) is 19.6 Å². The van der Waals surface area contributed by atoms with Crippen molar-refractivity contribution in [3.05, 3.63) is 51.7 Å². The van der Waals surface area contributed by atoms with Crippen molar-refractivity contribution in [3.63, 3.8) is 0 Å². The van der Waals surface area contributed by atoms with E-state index in [0.717, 1.165) is 24.0 Å². The van der Waals surface area contributed by atoms with Gasteiger partial charge in [-0.05, 0) is 61.4 Å². The molecular weight excluding hydrogens is 396 g/mol. The summed E-state index contributed by atoms with van der Waals surface area (Å²) >= 11 is 1.32. The van der Waals surface area contributed by atoms with E-state index in [4.69, 9.17) is 0 Å². The molecule has 1 aliphatic rings. The van der Waals surface area contributed by atoms with E-state index in [2.05, 4.69) is 5.32 Å². The van der Waals surface area contributed by atoms with Crippen LogP contribution in [-0.4, -0.2) is 44.8 Å². The average molecular weight is 421 g/mol. The molecule has 0 radical (unpaired) electrons. The number of aryl methyl sites for hydroxylation is 2. The van der Waals surface area contributed by atoms with E-state index in [9.17, 15) is 18.0 Å². The van der Waals surface area contributed by atoms with E-state index < -0.39 is 26.9 Å². The van der Waals surface area contributed by atoms with Crippen LogP contribution in [0, 0.1) is 13.8 Å². The number of benzene rings is 1. The quantitative estimate of drug-likeness (QED) is 0.754. The van der Waals surface area contributed by atoms with E-state index in [-0.39, 0.29) is 11.4 Å². The highest BCUT2D eigenvalue weighted by Gasteiger charge is 2.32. The molecule has 1 aromatic carbocycles. The highest BCUT2D eigenvalue weighted by Crippen LogP contribution is 2.32. The molecule has 2 heterocycles. The molecule has 0 spiro atoms. The molecule has 28 heavy (non-hydrogen) atoms. The molecule has 3 rings (SSSR count). The Hall–Kier alpha value is -2.19. The monoisotopic (exact) mass is 420 g/mol. The molecule has 1 atom stereocenters. The highest BCUT2D eigenvalue weighted by molar-refractivity contribution is 7.91. The predicted molar refractivity (Wildman–Crippen MR) is 109 cm³/mol. The van der Waals surface area contributed by atoms with Gasteiger partial charge < -0.3 is 10.2 Å². The fourth-order valence-electron chi connectivity index (χ4n) is 3.22. The number of carbonyl (C=O) groups is 2. The zero-order chi connectivity index (χ0) is 20.3. The molecule has 1 fully saturated rings. The molecule has 2 amide bonds. The van der Waals surface area contributed by atoms with Gasteiger partial charge in [0.25, 0.3) is 0 Å². The van der Waals surface area contributed by atoms with Crippen LogP contribution in [0.1, 0.15) is 34.1 Å². The van der Waals surface area contributed by atoms with Crippen LogP contribution in [0.25, 0.3) is 0 Å². The second kappa shape index (κ2) is 8.45. The molecule has 2 aromatic rings. The van der Waals surface area contributed by atoms with Crippen molar-refractivity contribution in [2.24, 2.45) is 0 Å². The summed E-state index contributed by atoms with van der Waals surface area (Å²) in [5.74, 6) is -1.34. The van der Waals surface area contributed by atoms with Crippen molar-refractivity contribution < 1.29 is 18.0 Å². The van der Waals surface area contributed by atoms with Crippen molar-refractivity contribution in [1.82, 2.24) is 10.2 Å². The van der Waals surface area contributed by atoms with Gasteiger partial charge >= 0.3 is 11.8 Å². The smallest absolute Gasteiger partial charge is 0.311 e. The van der Waals surface area contributed by atoms with E-state index >= 15 is 0 Å². The Morgan fingerprint density at radius 1 is 1.14 bits per heavy atom. The Bertz CT molecular complexity index is 962. The number of likely N-dealkylation sites (tertiary alicyclic amines) is 1. The Balaban J connectivity index is 1.82. The van der Waals surface area contributed by atoms with Crippen molar-refractivity contribution in [1.29, 1.82) is 0 Å². The number of hydrogen-bond acceptors (Lipinski definition) is 5. The van der Waals surface area contributed by atoms with E-state index in [1.165, 1.54) is 16.2 Å². The fourth-order valence-corrected chi connectivity index (χ4v) is 6.09. The first-order valence-electron chi connectivity index (χ1n) is 9.22. The van der Waals surface area contributed by atoms with Gasteiger partial charge in [0, 0.05) is 24.5 Å². The van der Waals surface area contributed by atoms with E-state index in [1.807, 2.05) is 13.8 Å². The Labute approximate surface area is 169 Å². The van der Waals surface area contributed by atoms with Crippen LogP contribution in [0.15, 0.2) is 40.6 Å². The first-order chi connectivity index (χ1) is 13.3. The minimum Gasteiger partial charge on any atom is -0.346 e. The summed E-state index contributed by atoms with van der Waals surface area (Å²) in [6, 6.07) is 8.55. The Morgan fingerprint density at radius 2 is 1.86 bits per heavy atom. The minimum absolute atomic E-state index is 0.145. The molecule has 8 heteroatoms. The van der Waals surface area contributed by atoms with Crippen LogP contribution in [0.4, 0.5) is 0 Å². The van der Waals surface area contributed by atoms with Crippen LogP contribution >= 0.6 is 11.3 Å². The zero-order valence-corrected chi connectivity index (χ0v) is 17.6. The lowest BCUT2D eigenvalue weighted by Crippen LogP contribution is -2.43. The van der Waals surface area contributed by atoms with Crippen LogP contribution in [-0.2, 0) is 19.4 Å². The van der Waals surface area contributed by atoms with Gasteiger partial charge in [0.05, 0.1) is 4.90 Å². The predicted octanol–water partition coefficient (Wildman–Crippen LogP) is 2.62. The van der Waals surface area contributed by atoms with Gasteiger partial charge in [-0.3, -0.25) is 9.59 Å². The van der Waals surface area contributed by atoms with Gasteiger partial charge in [-0.25, -0.2) is 8.42 Å². The van der Waals surface area contributed by atoms with Gasteiger partial charge in [-0.2, -0.15) is 0 Å². The van der Waals surface area contributed by atoms with E-state index in [0.29, 0.717) is 18.0 Å². The maximum atomic E-state index is 13.3. The first kappa shape index (κ1) is 20.5. The number of hydrogen-bond donors (Lipinski definition) is 1. The number of carbonyl (C=O) groups excluding carboxylic acids is 2. The Morgan fingerprint density at radius 3 is 2.46 bits per heavy atom. The molecule has 1 aliphatic heterocycles.